The second-order valence-corrected chi connectivity index (χ2v) is 2.48. The van der Waals surface area contributed by atoms with Gasteiger partial charge in [0.25, 0.3) is 0 Å². The largest absolute Gasteiger partial charge is 0.506 e. The Labute approximate surface area is 67.7 Å². The van der Waals surface area contributed by atoms with Crippen LogP contribution >= 0.6 is 0 Å². The Morgan fingerprint density at radius 3 is 1.58 bits per heavy atom. The summed E-state index contributed by atoms with van der Waals surface area (Å²) < 4.78 is 8.68. The Balaban J connectivity index is 2.11. The standard InChI is InChI=1S/C6H8O6/c7-5(8)11-3-1-4(2-3)12-6(9)10/h3-4H,1-2H2,(H,7,8)(H,9,10)/t3-,4-. The average Bonchev–Trinajstić information content (AvgIpc) is 1.80. The van der Waals surface area contributed by atoms with Crippen LogP contribution in [0.2, 0.25) is 0 Å². The molecule has 0 aromatic heterocycles. The summed E-state index contributed by atoms with van der Waals surface area (Å²) >= 11 is 0. The van der Waals surface area contributed by atoms with Crippen molar-refractivity contribution in [2.45, 2.75) is 25.0 Å². The molecule has 1 fully saturated rings. The summed E-state index contributed by atoms with van der Waals surface area (Å²) in [6.45, 7) is 0. The van der Waals surface area contributed by atoms with E-state index in [4.69, 9.17) is 10.2 Å². The smallest absolute Gasteiger partial charge is 0.450 e. The fourth-order valence-electron chi connectivity index (χ4n) is 0.995. The van der Waals surface area contributed by atoms with Crippen molar-refractivity contribution < 1.29 is 29.3 Å². The molecule has 6 heteroatoms. The molecule has 2 N–H and O–H groups in total. The molecule has 0 amide bonds. The predicted molar refractivity (Wildman–Crippen MR) is 35.0 cm³/mol. The van der Waals surface area contributed by atoms with Crippen LogP contribution in [0.5, 0.6) is 0 Å². The van der Waals surface area contributed by atoms with E-state index in [1.165, 1.54) is 0 Å². The highest BCUT2D eigenvalue weighted by molar-refractivity contribution is 5.58. The number of rotatable bonds is 2. The van der Waals surface area contributed by atoms with Crippen molar-refractivity contribution in [2.75, 3.05) is 0 Å². The van der Waals surface area contributed by atoms with E-state index >= 15 is 0 Å². The van der Waals surface area contributed by atoms with Crippen molar-refractivity contribution in [3.8, 4) is 0 Å². The molecule has 0 unspecified atom stereocenters. The lowest BCUT2D eigenvalue weighted by Gasteiger charge is -2.31. The second kappa shape index (κ2) is 3.29. The fraction of sp³-hybridized carbons (Fsp3) is 0.667. The molecule has 0 aliphatic heterocycles. The number of carbonyl (C=O) groups is 2. The van der Waals surface area contributed by atoms with Crippen LogP contribution in [0.25, 0.3) is 0 Å². The van der Waals surface area contributed by atoms with Crippen molar-refractivity contribution in [1.82, 2.24) is 0 Å². The highest BCUT2D eigenvalue weighted by Crippen LogP contribution is 2.26. The first kappa shape index (κ1) is 8.63. The van der Waals surface area contributed by atoms with Gasteiger partial charge in [0.15, 0.2) is 0 Å². The normalized spacial score (nSPS) is 27.0. The van der Waals surface area contributed by atoms with Gasteiger partial charge in [-0.05, 0) is 0 Å². The molecule has 0 saturated heterocycles. The number of carboxylic acid groups (broad SMARTS) is 2. The molecule has 0 radical (unpaired) electrons. The Morgan fingerprint density at radius 2 is 1.33 bits per heavy atom. The van der Waals surface area contributed by atoms with E-state index in [-0.39, 0.29) is 0 Å². The van der Waals surface area contributed by atoms with E-state index in [1.807, 2.05) is 0 Å². The Hall–Kier alpha value is -1.46. The van der Waals surface area contributed by atoms with Crippen LogP contribution in [0.15, 0.2) is 0 Å². The van der Waals surface area contributed by atoms with E-state index in [0.717, 1.165) is 0 Å². The molecular formula is C6H8O6. The van der Waals surface area contributed by atoms with Gasteiger partial charge in [0.2, 0.25) is 0 Å². The maximum atomic E-state index is 9.95. The maximum Gasteiger partial charge on any atom is 0.506 e. The zero-order chi connectivity index (χ0) is 9.14. The molecule has 0 aromatic carbocycles. The van der Waals surface area contributed by atoms with Gasteiger partial charge in [-0.1, -0.05) is 0 Å². The van der Waals surface area contributed by atoms with E-state index in [1.54, 1.807) is 0 Å². The molecule has 0 aromatic rings. The van der Waals surface area contributed by atoms with Crippen LogP contribution in [0, 0.1) is 0 Å². The van der Waals surface area contributed by atoms with Crippen molar-refractivity contribution >= 4 is 12.3 Å². The van der Waals surface area contributed by atoms with Gasteiger partial charge in [0.1, 0.15) is 12.2 Å². The topological polar surface area (TPSA) is 93.1 Å². The Bertz CT molecular complexity index is 174. The minimum atomic E-state index is -1.34. The first-order chi connectivity index (χ1) is 5.58. The number of hydrogen-bond donors (Lipinski definition) is 2. The third-order valence-corrected chi connectivity index (χ3v) is 1.59. The third-order valence-electron chi connectivity index (χ3n) is 1.59. The molecule has 1 aliphatic rings. The van der Waals surface area contributed by atoms with Crippen molar-refractivity contribution in [2.24, 2.45) is 0 Å². The number of ether oxygens (including phenoxy) is 2. The predicted octanol–water partition coefficient (Wildman–Crippen LogP) is 0.907. The molecule has 6 nitrogen and oxygen atoms in total. The van der Waals surface area contributed by atoms with Gasteiger partial charge in [-0.15, -0.1) is 0 Å². The Kier molecular flexibility index (Phi) is 2.37. The highest BCUT2D eigenvalue weighted by atomic mass is 16.7. The zero-order valence-corrected chi connectivity index (χ0v) is 6.10. The van der Waals surface area contributed by atoms with Gasteiger partial charge >= 0.3 is 12.3 Å². The van der Waals surface area contributed by atoms with Crippen LogP contribution in [0.3, 0.4) is 0 Å². The van der Waals surface area contributed by atoms with E-state index in [9.17, 15) is 9.59 Å². The first-order valence-corrected chi connectivity index (χ1v) is 3.37. The monoisotopic (exact) mass is 176 g/mol. The van der Waals surface area contributed by atoms with Crippen LogP contribution in [0.4, 0.5) is 9.59 Å². The minimum absolute atomic E-state index is 0.318. The quantitative estimate of drug-likeness (QED) is 0.607. The van der Waals surface area contributed by atoms with E-state index in [2.05, 4.69) is 9.47 Å². The SMILES string of the molecule is O=C(O)O[C@H]1C[C@H](OC(=O)O)C1. The molecule has 1 aliphatic carbocycles. The molecule has 12 heavy (non-hydrogen) atoms. The lowest BCUT2D eigenvalue weighted by atomic mass is 9.92. The summed E-state index contributed by atoms with van der Waals surface area (Å²) in [6.07, 6.45) is -2.86. The van der Waals surface area contributed by atoms with Gasteiger partial charge in [-0.25, -0.2) is 9.59 Å². The summed E-state index contributed by atoms with van der Waals surface area (Å²) in [5.74, 6) is 0. The van der Waals surface area contributed by atoms with Gasteiger partial charge in [-0.2, -0.15) is 0 Å². The van der Waals surface area contributed by atoms with Crippen molar-refractivity contribution in [1.29, 1.82) is 0 Å². The van der Waals surface area contributed by atoms with Crippen LogP contribution in [-0.2, 0) is 9.47 Å². The minimum Gasteiger partial charge on any atom is -0.450 e. The molecule has 0 bridgehead atoms. The van der Waals surface area contributed by atoms with Crippen LogP contribution in [-0.4, -0.2) is 34.7 Å². The maximum absolute atomic E-state index is 9.95. The summed E-state index contributed by atoms with van der Waals surface area (Å²) in [7, 11) is 0. The lowest BCUT2D eigenvalue weighted by molar-refractivity contribution is -0.0660. The third kappa shape index (κ3) is 2.30. The Morgan fingerprint density at radius 1 is 1.00 bits per heavy atom. The molecule has 0 atom stereocenters. The zero-order valence-electron chi connectivity index (χ0n) is 6.10. The molecule has 1 saturated carbocycles. The van der Waals surface area contributed by atoms with E-state index < -0.39 is 24.5 Å². The molecular weight excluding hydrogens is 168 g/mol. The number of hydrogen-bond acceptors (Lipinski definition) is 4. The second-order valence-electron chi connectivity index (χ2n) is 2.48. The van der Waals surface area contributed by atoms with Gasteiger partial charge in [0.05, 0.1) is 0 Å². The lowest BCUT2D eigenvalue weighted by Crippen LogP contribution is -2.39. The molecule has 68 valence electrons. The van der Waals surface area contributed by atoms with Crippen LogP contribution in [0.1, 0.15) is 12.8 Å². The molecule has 0 heterocycles. The first-order valence-electron chi connectivity index (χ1n) is 3.37. The summed E-state index contributed by atoms with van der Waals surface area (Å²) in [6, 6.07) is 0. The summed E-state index contributed by atoms with van der Waals surface area (Å²) in [5, 5.41) is 16.3. The van der Waals surface area contributed by atoms with Crippen molar-refractivity contribution in [3.05, 3.63) is 0 Å². The summed E-state index contributed by atoms with van der Waals surface area (Å²) in [4.78, 5) is 19.9. The average molecular weight is 176 g/mol. The highest BCUT2D eigenvalue weighted by Gasteiger charge is 2.35. The molecule has 1 rings (SSSR count). The molecule has 0 spiro atoms. The van der Waals surface area contributed by atoms with E-state index in [0.29, 0.717) is 12.8 Å². The summed E-state index contributed by atoms with van der Waals surface area (Å²) in [5.41, 5.74) is 0. The van der Waals surface area contributed by atoms with Gasteiger partial charge in [0, 0.05) is 12.8 Å². The van der Waals surface area contributed by atoms with Crippen LogP contribution < -0.4 is 0 Å². The van der Waals surface area contributed by atoms with Gasteiger partial charge in [-0.3, -0.25) is 0 Å². The fourth-order valence-corrected chi connectivity index (χ4v) is 0.995. The van der Waals surface area contributed by atoms with Crippen molar-refractivity contribution in [3.63, 3.8) is 0 Å². The van der Waals surface area contributed by atoms with Gasteiger partial charge < -0.3 is 19.7 Å².